The van der Waals surface area contributed by atoms with E-state index in [1.807, 2.05) is 0 Å². The van der Waals surface area contributed by atoms with Crippen molar-refractivity contribution in [2.24, 2.45) is 11.8 Å². The zero-order chi connectivity index (χ0) is 43.0. The summed E-state index contributed by atoms with van der Waals surface area (Å²) in [5.74, 6) is 0.705. The first kappa shape index (κ1) is 59.1. The summed E-state index contributed by atoms with van der Waals surface area (Å²) in [4.78, 5) is 10.9. The molecule has 0 aliphatic rings. The lowest BCUT2D eigenvalue weighted by atomic mass is 9.94. The van der Waals surface area contributed by atoms with Gasteiger partial charge in [-0.3, -0.25) is 9.05 Å². The second-order valence-electron chi connectivity index (χ2n) is 19.4. The Hall–Kier alpha value is 0.110. The van der Waals surface area contributed by atoms with Gasteiger partial charge in [0, 0.05) is 0 Å². The van der Waals surface area contributed by atoms with Gasteiger partial charge in [-0.15, -0.1) is 0 Å². The normalized spacial score (nSPS) is 13.9. The van der Waals surface area contributed by atoms with Gasteiger partial charge in [-0.05, 0) is 37.5 Å². The molecule has 0 aliphatic carbocycles. The molecule has 5 heteroatoms. The Morgan fingerprint density at radius 1 is 0.288 bits per heavy atom. The highest BCUT2D eigenvalue weighted by molar-refractivity contribution is 7.47. The molecule has 0 saturated heterocycles. The summed E-state index contributed by atoms with van der Waals surface area (Å²) in [7, 11) is -4.07. The third kappa shape index (κ3) is 47.4. The molecule has 0 radical (unpaired) electrons. The van der Waals surface area contributed by atoms with Gasteiger partial charge in [-0.1, -0.05) is 297 Å². The highest BCUT2D eigenvalue weighted by Crippen LogP contribution is 2.45. The zero-order valence-corrected chi connectivity index (χ0v) is 42.1. The maximum atomic E-state index is 13.3. The van der Waals surface area contributed by atoms with Crippen LogP contribution in [0.25, 0.3) is 0 Å². The first-order valence-electron chi connectivity index (χ1n) is 27.6. The Balaban J connectivity index is 4.80. The Kier molecular flexibility index (Phi) is 49.2. The highest BCUT2D eigenvalue weighted by Gasteiger charge is 2.25. The van der Waals surface area contributed by atoms with Gasteiger partial charge in [0.15, 0.2) is 0 Å². The molecule has 356 valence electrons. The maximum Gasteiger partial charge on any atom is 0.472 e. The molecule has 59 heavy (non-hydrogen) atoms. The molecule has 2 atom stereocenters. The van der Waals surface area contributed by atoms with Crippen LogP contribution in [-0.2, 0) is 13.6 Å². The average molecular weight is 855 g/mol. The van der Waals surface area contributed by atoms with Gasteiger partial charge in [0.2, 0.25) is 0 Å². The van der Waals surface area contributed by atoms with Crippen LogP contribution in [-0.4, -0.2) is 18.1 Å². The predicted octanol–water partition coefficient (Wildman–Crippen LogP) is 20.4. The van der Waals surface area contributed by atoms with Crippen molar-refractivity contribution in [1.29, 1.82) is 0 Å². The lowest BCUT2D eigenvalue weighted by Gasteiger charge is -2.22. The number of hydrogen-bond acceptors (Lipinski definition) is 3. The summed E-state index contributed by atoms with van der Waals surface area (Å²) < 4.78 is 25.0. The maximum absolute atomic E-state index is 13.3. The molecule has 2 unspecified atom stereocenters. The van der Waals surface area contributed by atoms with Crippen LogP contribution < -0.4 is 0 Å². The SMILES string of the molecule is CCCCCCCCCCCCCCC(CCCCCCCCCCC)COP(=O)(O)OCC(CCCCCCCCCCC)CCCCCCCCCCCCCC. The second-order valence-corrected chi connectivity index (χ2v) is 20.8. The molecule has 0 saturated carbocycles. The molecule has 0 fully saturated rings. The van der Waals surface area contributed by atoms with Crippen molar-refractivity contribution < 1.29 is 18.5 Å². The fourth-order valence-electron chi connectivity index (χ4n) is 9.09. The standard InChI is InChI=1S/C54H111O4P/c1-5-9-13-17-21-25-27-29-33-37-41-45-49-53(47-43-39-35-31-23-19-15-11-7-3)51-57-59(55,56)58-52-54(48-44-40-36-32-24-20-16-12-8-4)50-46-42-38-34-30-28-26-22-18-14-10-6-2/h53-54H,5-52H2,1-4H3,(H,55,56). The van der Waals surface area contributed by atoms with Crippen molar-refractivity contribution >= 4 is 7.82 Å². The smallest absolute Gasteiger partial charge is 0.302 e. The van der Waals surface area contributed by atoms with Gasteiger partial charge in [-0.25, -0.2) is 4.57 Å². The molecule has 0 bridgehead atoms. The number of rotatable bonds is 52. The summed E-state index contributed by atoms with van der Waals surface area (Å²) in [5, 5.41) is 0. The van der Waals surface area contributed by atoms with Crippen LogP contribution in [0, 0.1) is 11.8 Å². The molecule has 0 aromatic rings. The molecule has 0 rings (SSSR count). The summed E-state index contributed by atoms with van der Waals surface area (Å²) >= 11 is 0. The fraction of sp³-hybridized carbons (Fsp3) is 1.00. The third-order valence-electron chi connectivity index (χ3n) is 13.3. The van der Waals surface area contributed by atoms with Crippen molar-refractivity contribution in [3.8, 4) is 0 Å². The summed E-state index contributed by atoms with van der Waals surface area (Å²) in [6.45, 7) is 9.89. The molecule has 0 heterocycles. The highest BCUT2D eigenvalue weighted by atomic mass is 31.2. The van der Waals surface area contributed by atoms with E-state index in [1.54, 1.807) is 0 Å². The third-order valence-corrected chi connectivity index (χ3v) is 14.3. The van der Waals surface area contributed by atoms with E-state index in [0.717, 1.165) is 25.7 Å². The number of unbranched alkanes of at least 4 members (excludes halogenated alkanes) is 38. The van der Waals surface area contributed by atoms with Crippen molar-refractivity contribution in [2.45, 2.75) is 323 Å². The molecule has 0 spiro atoms. The van der Waals surface area contributed by atoms with Gasteiger partial charge in [0.05, 0.1) is 13.2 Å². The largest absolute Gasteiger partial charge is 0.472 e. The monoisotopic (exact) mass is 855 g/mol. The minimum absolute atomic E-state index is 0.352. The van der Waals surface area contributed by atoms with E-state index in [4.69, 9.17) is 9.05 Å². The summed E-state index contributed by atoms with van der Waals surface area (Å²) in [6.07, 6.45) is 61.0. The lowest BCUT2D eigenvalue weighted by molar-refractivity contribution is 0.107. The lowest BCUT2D eigenvalue weighted by Crippen LogP contribution is -2.13. The molecule has 4 nitrogen and oxygen atoms in total. The first-order chi connectivity index (χ1) is 29.0. The van der Waals surface area contributed by atoms with Gasteiger partial charge in [0.25, 0.3) is 0 Å². The summed E-state index contributed by atoms with van der Waals surface area (Å²) in [5.41, 5.74) is 0. The van der Waals surface area contributed by atoms with Crippen LogP contribution in [0.5, 0.6) is 0 Å². The number of phosphoric acid groups is 1. The van der Waals surface area contributed by atoms with E-state index in [2.05, 4.69) is 27.7 Å². The van der Waals surface area contributed by atoms with Crippen molar-refractivity contribution in [3.05, 3.63) is 0 Å². The topological polar surface area (TPSA) is 55.8 Å². The molecule has 1 N–H and O–H groups in total. The van der Waals surface area contributed by atoms with Crippen molar-refractivity contribution in [1.82, 2.24) is 0 Å². The molecular formula is C54H111O4P. The average Bonchev–Trinajstić information content (AvgIpc) is 3.23. The van der Waals surface area contributed by atoms with Crippen LogP contribution in [0.2, 0.25) is 0 Å². The molecule has 0 aliphatic heterocycles. The van der Waals surface area contributed by atoms with Crippen LogP contribution >= 0.6 is 7.82 Å². The molecule has 0 aromatic carbocycles. The molecule has 0 aromatic heterocycles. The van der Waals surface area contributed by atoms with E-state index >= 15 is 0 Å². The van der Waals surface area contributed by atoms with Crippen LogP contribution in [0.4, 0.5) is 0 Å². The van der Waals surface area contributed by atoms with E-state index in [1.165, 1.54) is 270 Å². The zero-order valence-electron chi connectivity index (χ0n) is 41.2. The predicted molar refractivity (Wildman–Crippen MR) is 264 cm³/mol. The number of phosphoric ester groups is 1. The molecule has 0 amide bonds. The van der Waals surface area contributed by atoms with Gasteiger partial charge < -0.3 is 4.89 Å². The quantitative estimate of drug-likeness (QED) is 0.0489. The van der Waals surface area contributed by atoms with Gasteiger partial charge in [0.1, 0.15) is 0 Å². The van der Waals surface area contributed by atoms with E-state index in [-0.39, 0.29) is 0 Å². The van der Waals surface area contributed by atoms with Crippen LogP contribution in [0.15, 0.2) is 0 Å². The minimum atomic E-state index is -4.07. The minimum Gasteiger partial charge on any atom is -0.302 e. The van der Waals surface area contributed by atoms with Crippen molar-refractivity contribution in [2.75, 3.05) is 13.2 Å². The first-order valence-corrected chi connectivity index (χ1v) is 29.1. The number of hydrogen-bond donors (Lipinski definition) is 1. The van der Waals surface area contributed by atoms with Gasteiger partial charge in [-0.2, -0.15) is 0 Å². The molecular weight excluding hydrogens is 744 g/mol. The van der Waals surface area contributed by atoms with Crippen molar-refractivity contribution in [3.63, 3.8) is 0 Å². The van der Waals surface area contributed by atoms with E-state index < -0.39 is 7.82 Å². The van der Waals surface area contributed by atoms with E-state index in [0.29, 0.717) is 25.0 Å². The van der Waals surface area contributed by atoms with Gasteiger partial charge >= 0.3 is 7.82 Å². The van der Waals surface area contributed by atoms with E-state index in [9.17, 15) is 9.46 Å². The Morgan fingerprint density at radius 2 is 0.441 bits per heavy atom. The second kappa shape index (κ2) is 49.1. The Bertz CT molecular complexity index is 758. The fourth-order valence-corrected chi connectivity index (χ4v) is 9.97. The Labute approximate surface area is 373 Å². The Morgan fingerprint density at radius 3 is 0.610 bits per heavy atom. The summed E-state index contributed by atoms with van der Waals surface area (Å²) in [6, 6.07) is 0. The van der Waals surface area contributed by atoms with Crippen LogP contribution in [0.1, 0.15) is 323 Å². The van der Waals surface area contributed by atoms with Crippen LogP contribution in [0.3, 0.4) is 0 Å².